The first-order valence-corrected chi connectivity index (χ1v) is 7.95. The maximum Gasteiger partial charge on any atom is 0.230 e. The second-order valence-electron chi connectivity index (χ2n) is 5.30. The fourth-order valence-corrected chi connectivity index (χ4v) is 2.83. The molecule has 0 saturated heterocycles. The van der Waals surface area contributed by atoms with Crippen LogP contribution in [0.25, 0.3) is 0 Å². The summed E-state index contributed by atoms with van der Waals surface area (Å²) in [5, 5.41) is 12.3. The minimum absolute atomic E-state index is 0.122. The van der Waals surface area contributed by atoms with Crippen LogP contribution in [0.1, 0.15) is 30.3 Å². The summed E-state index contributed by atoms with van der Waals surface area (Å²) in [6.45, 7) is 5.18. The van der Waals surface area contributed by atoms with Crippen molar-refractivity contribution >= 4 is 22.4 Å². The summed E-state index contributed by atoms with van der Waals surface area (Å²) in [4.78, 5) is 12.1. The number of benzene rings is 1. The average Bonchev–Trinajstić information content (AvgIpc) is 2.95. The van der Waals surface area contributed by atoms with Gasteiger partial charge in [0.2, 0.25) is 11.0 Å². The highest BCUT2D eigenvalue weighted by Gasteiger charge is 2.14. The van der Waals surface area contributed by atoms with Crippen LogP contribution in [0.4, 0.5) is 5.13 Å². The second kappa shape index (κ2) is 6.31. The third-order valence-corrected chi connectivity index (χ3v) is 4.29. The molecule has 0 saturated carbocycles. The molecule has 0 atom stereocenters. The molecule has 22 heavy (non-hydrogen) atoms. The van der Waals surface area contributed by atoms with Gasteiger partial charge in [-0.05, 0) is 17.7 Å². The molecule has 3 rings (SSSR count). The Kier molecular flexibility index (Phi) is 4.24. The first-order chi connectivity index (χ1) is 10.6. The molecule has 0 bridgehead atoms. The quantitative estimate of drug-likeness (QED) is 0.938. The molecular formula is C15H17N3O3S. The predicted molar refractivity (Wildman–Crippen MR) is 83.8 cm³/mol. The summed E-state index contributed by atoms with van der Waals surface area (Å²) in [7, 11) is 0. The molecule has 1 aliphatic heterocycles. The average molecular weight is 319 g/mol. The van der Waals surface area contributed by atoms with Crippen LogP contribution in [0.3, 0.4) is 0 Å². The predicted octanol–water partition coefficient (Wildman–Crippen LogP) is 2.61. The van der Waals surface area contributed by atoms with Crippen molar-refractivity contribution < 1.29 is 14.3 Å². The summed E-state index contributed by atoms with van der Waals surface area (Å²) in [6.07, 6.45) is 0.257. The number of hydrogen-bond acceptors (Lipinski definition) is 6. The van der Waals surface area contributed by atoms with E-state index in [0.717, 1.165) is 16.3 Å². The van der Waals surface area contributed by atoms with Crippen LogP contribution in [-0.4, -0.2) is 29.3 Å². The van der Waals surface area contributed by atoms with Gasteiger partial charge in [-0.1, -0.05) is 31.3 Å². The lowest BCUT2D eigenvalue weighted by atomic mass is 10.1. The third kappa shape index (κ3) is 3.36. The highest BCUT2D eigenvalue weighted by Crippen LogP contribution is 2.31. The Labute approximate surface area is 132 Å². The van der Waals surface area contributed by atoms with E-state index < -0.39 is 0 Å². The second-order valence-corrected chi connectivity index (χ2v) is 6.31. The lowest BCUT2D eigenvalue weighted by Crippen LogP contribution is -2.17. The summed E-state index contributed by atoms with van der Waals surface area (Å²) >= 11 is 1.40. The van der Waals surface area contributed by atoms with Crippen LogP contribution in [-0.2, 0) is 11.2 Å². The fourth-order valence-electron chi connectivity index (χ4n) is 2.06. The largest absolute Gasteiger partial charge is 0.486 e. The minimum Gasteiger partial charge on any atom is -0.486 e. The normalized spacial score (nSPS) is 13.2. The summed E-state index contributed by atoms with van der Waals surface area (Å²) in [5.41, 5.74) is 0.871. The van der Waals surface area contributed by atoms with Crippen molar-refractivity contribution in [2.24, 2.45) is 0 Å². The number of anilines is 1. The molecule has 1 aliphatic rings. The molecule has 6 nitrogen and oxygen atoms in total. The van der Waals surface area contributed by atoms with Crippen molar-refractivity contribution in [3.05, 3.63) is 28.8 Å². The van der Waals surface area contributed by atoms with Gasteiger partial charge in [0, 0.05) is 5.92 Å². The van der Waals surface area contributed by atoms with Gasteiger partial charge in [0.15, 0.2) is 11.5 Å². The first kappa shape index (κ1) is 14.8. The Balaban J connectivity index is 1.63. The number of nitrogens with zero attached hydrogens (tertiary/aromatic N) is 2. The topological polar surface area (TPSA) is 73.3 Å². The molecule has 0 spiro atoms. The number of fused-ring (bicyclic) bond motifs is 1. The number of nitrogens with one attached hydrogen (secondary N) is 1. The number of hydrogen-bond donors (Lipinski definition) is 1. The lowest BCUT2D eigenvalue weighted by Gasteiger charge is -2.18. The molecule has 0 aliphatic carbocycles. The van der Waals surface area contributed by atoms with Gasteiger partial charge in [0.1, 0.15) is 18.2 Å². The van der Waals surface area contributed by atoms with E-state index in [-0.39, 0.29) is 12.3 Å². The first-order valence-electron chi connectivity index (χ1n) is 7.13. The molecule has 1 amide bonds. The Morgan fingerprint density at radius 3 is 2.77 bits per heavy atom. The summed E-state index contributed by atoms with van der Waals surface area (Å²) in [5.74, 6) is 1.60. The van der Waals surface area contributed by atoms with Crippen molar-refractivity contribution in [2.75, 3.05) is 18.5 Å². The fraction of sp³-hybridized carbons (Fsp3) is 0.400. The Morgan fingerprint density at radius 1 is 1.27 bits per heavy atom. The van der Waals surface area contributed by atoms with Gasteiger partial charge in [-0.3, -0.25) is 4.79 Å². The van der Waals surface area contributed by atoms with E-state index in [1.807, 2.05) is 32.0 Å². The molecule has 1 N–H and O–H groups in total. The SMILES string of the molecule is CC(C)c1nnc(NC(=O)Cc2ccc3c(c2)OCCO3)s1. The van der Waals surface area contributed by atoms with E-state index in [0.29, 0.717) is 30.0 Å². The molecule has 2 heterocycles. The van der Waals surface area contributed by atoms with Crippen LogP contribution < -0.4 is 14.8 Å². The molecule has 0 unspecified atom stereocenters. The van der Waals surface area contributed by atoms with Crippen molar-refractivity contribution in [3.63, 3.8) is 0 Å². The molecule has 116 valence electrons. The number of carbonyl (C=O) groups excluding carboxylic acids is 1. The maximum absolute atomic E-state index is 12.1. The minimum atomic E-state index is -0.122. The Hall–Kier alpha value is -2.15. The molecule has 7 heteroatoms. The van der Waals surface area contributed by atoms with Gasteiger partial charge >= 0.3 is 0 Å². The van der Waals surface area contributed by atoms with Crippen LogP contribution >= 0.6 is 11.3 Å². The standard InChI is InChI=1S/C15H17N3O3S/c1-9(2)14-17-18-15(22-14)16-13(19)8-10-3-4-11-12(7-10)21-6-5-20-11/h3-4,7,9H,5-6,8H2,1-2H3,(H,16,18,19). The summed E-state index contributed by atoms with van der Waals surface area (Å²) in [6, 6.07) is 5.54. The highest BCUT2D eigenvalue weighted by atomic mass is 32.1. The van der Waals surface area contributed by atoms with Crippen molar-refractivity contribution in [2.45, 2.75) is 26.2 Å². The monoisotopic (exact) mass is 319 g/mol. The Morgan fingerprint density at radius 2 is 2.05 bits per heavy atom. The zero-order valence-corrected chi connectivity index (χ0v) is 13.3. The van der Waals surface area contributed by atoms with Crippen molar-refractivity contribution in [1.82, 2.24) is 10.2 Å². The maximum atomic E-state index is 12.1. The van der Waals surface area contributed by atoms with E-state index in [1.165, 1.54) is 11.3 Å². The van der Waals surface area contributed by atoms with E-state index in [4.69, 9.17) is 9.47 Å². The summed E-state index contributed by atoms with van der Waals surface area (Å²) < 4.78 is 11.0. The number of amides is 1. The van der Waals surface area contributed by atoms with Gasteiger partial charge in [0.25, 0.3) is 0 Å². The molecular weight excluding hydrogens is 302 g/mol. The zero-order valence-electron chi connectivity index (χ0n) is 12.5. The number of aromatic nitrogens is 2. The van der Waals surface area contributed by atoms with Crippen LogP contribution in [0.15, 0.2) is 18.2 Å². The van der Waals surface area contributed by atoms with E-state index in [2.05, 4.69) is 15.5 Å². The number of ether oxygens (including phenoxy) is 2. The van der Waals surface area contributed by atoms with E-state index in [9.17, 15) is 4.79 Å². The van der Waals surface area contributed by atoms with Crippen LogP contribution in [0, 0.1) is 0 Å². The van der Waals surface area contributed by atoms with Crippen LogP contribution in [0.2, 0.25) is 0 Å². The third-order valence-electron chi connectivity index (χ3n) is 3.15. The number of carbonyl (C=O) groups is 1. The molecule has 0 fully saturated rings. The lowest BCUT2D eigenvalue weighted by molar-refractivity contribution is -0.115. The van der Waals surface area contributed by atoms with Gasteiger partial charge in [-0.25, -0.2) is 0 Å². The van der Waals surface area contributed by atoms with E-state index >= 15 is 0 Å². The van der Waals surface area contributed by atoms with Crippen molar-refractivity contribution in [3.8, 4) is 11.5 Å². The molecule has 2 aromatic rings. The van der Waals surface area contributed by atoms with Crippen molar-refractivity contribution in [1.29, 1.82) is 0 Å². The smallest absolute Gasteiger partial charge is 0.230 e. The highest BCUT2D eigenvalue weighted by molar-refractivity contribution is 7.15. The van der Waals surface area contributed by atoms with Gasteiger partial charge in [0.05, 0.1) is 6.42 Å². The molecule has 1 aromatic carbocycles. The molecule has 0 radical (unpaired) electrons. The van der Waals surface area contributed by atoms with Gasteiger partial charge in [-0.2, -0.15) is 0 Å². The zero-order chi connectivity index (χ0) is 15.5. The van der Waals surface area contributed by atoms with E-state index in [1.54, 1.807) is 0 Å². The van der Waals surface area contributed by atoms with Gasteiger partial charge in [-0.15, -0.1) is 10.2 Å². The van der Waals surface area contributed by atoms with Crippen LogP contribution in [0.5, 0.6) is 11.5 Å². The molecule has 1 aromatic heterocycles. The van der Waals surface area contributed by atoms with Gasteiger partial charge < -0.3 is 14.8 Å². The Bertz CT molecular complexity index is 684. The number of rotatable bonds is 4.